The first-order valence-corrected chi connectivity index (χ1v) is 4.57. The number of aryl methyl sites for hydroxylation is 2. The predicted octanol–water partition coefficient (Wildman–Crippen LogP) is 3.01. The summed E-state index contributed by atoms with van der Waals surface area (Å²) >= 11 is 0. The molecule has 2 heteroatoms. The van der Waals surface area contributed by atoms with Crippen molar-refractivity contribution >= 4 is 11.8 Å². The summed E-state index contributed by atoms with van der Waals surface area (Å²) in [6.45, 7) is 4.02. The van der Waals surface area contributed by atoms with E-state index in [9.17, 15) is 0 Å². The second-order valence-corrected chi connectivity index (χ2v) is 3.31. The van der Waals surface area contributed by atoms with Crippen LogP contribution in [0.3, 0.4) is 0 Å². The van der Waals surface area contributed by atoms with Crippen LogP contribution in [0.4, 0.5) is 5.69 Å². The van der Waals surface area contributed by atoms with Crippen LogP contribution >= 0.6 is 0 Å². The first-order chi connectivity index (χ1) is 6.65. The van der Waals surface area contributed by atoms with Gasteiger partial charge in [-0.25, -0.2) is 0 Å². The maximum Gasteiger partial charge on any atom is 0.0373 e. The summed E-state index contributed by atoms with van der Waals surface area (Å²) in [5, 5.41) is 0. The second kappa shape index (κ2) is 5.91. The van der Waals surface area contributed by atoms with Gasteiger partial charge in [-0.15, -0.1) is 0 Å². The largest absolute Gasteiger partial charge is 0.405 e. The van der Waals surface area contributed by atoms with E-state index in [1.54, 1.807) is 6.08 Å². The molecule has 0 radical (unpaired) electrons. The van der Waals surface area contributed by atoms with Crippen molar-refractivity contribution < 1.29 is 0 Å². The van der Waals surface area contributed by atoms with Gasteiger partial charge >= 0.3 is 0 Å². The van der Waals surface area contributed by atoms with Crippen molar-refractivity contribution in [2.75, 3.05) is 5.73 Å². The molecule has 2 nitrogen and oxygen atoms in total. The number of nitrogens with two attached hydrogens (primary N) is 2. The van der Waals surface area contributed by atoms with E-state index in [-0.39, 0.29) is 7.43 Å². The lowest BCUT2D eigenvalue weighted by Gasteiger charge is -2.05. The van der Waals surface area contributed by atoms with E-state index in [0.717, 1.165) is 22.4 Å². The Labute approximate surface area is 92.3 Å². The van der Waals surface area contributed by atoms with Gasteiger partial charge in [0.05, 0.1) is 0 Å². The molecular formula is C13H20N2. The van der Waals surface area contributed by atoms with Crippen LogP contribution in [0.2, 0.25) is 0 Å². The van der Waals surface area contributed by atoms with E-state index in [4.69, 9.17) is 11.5 Å². The quantitative estimate of drug-likeness (QED) is 0.574. The van der Waals surface area contributed by atoms with E-state index in [2.05, 4.69) is 12.1 Å². The van der Waals surface area contributed by atoms with E-state index < -0.39 is 0 Å². The zero-order valence-corrected chi connectivity index (χ0v) is 8.62. The molecule has 0 amide bonds. The average molecular weight is 204 g/mol. The Morgan fingerprint density at radius 1 is 1.07 bits per heavy atom. The molecule has 0 spiro atoms. The highest BCUT2D eigenvalue weighted by Crippen LogP contribution is 2.19. The number of allylic oxidation sites excluding steroid dienone is 2. The van der Waals surface area contributed by atoms with Gasteiger partial charge in [0.15, 0.2) is 0 Å². The lowest BCUT2D eigenvalue weighted by Crippen LogP contribution is -1.93. The van der Waals surface area contributed by atoms with Gasteiger partial charge in [-0.05, 0) is 54.9 Å². The number of anilines is 1. The fourth-order valence-corrected chi connectivity index (χ4v) is 1.34. The van der Waals surface area contributed by atoms with E-state index in [1.807, 2.05) is 26.0 Å². The van der Waals surface area contributed by atoms with Crippen LogP contribution in [0.15, 0.2) is 30.5 Å². The van der Waals surface area contributed by atoms with Crippen LogP contribution in [0.1, 0.15) is 24.1 Å². The summed E-state index contributed by atoms with van der Waals surface area (Å²) in [5.41, 5.74) is 15.3. The molecule has 0 aliphatic rings. The number of benzene rings is 1. The van der Waals surface area contributed by atoms with Crippen LogP contribution in [0.5, 0.6) is 0 Å². The summed E-state index contributed by atoms with van der Waals surface area (Å²) in [6, 6.07) is 4.12. The summed E-state index contributed by atoms with van der Waals surface area (Å²) in [5.74, 6) is 0. The molecule has 0 saturated heterocycles. The fourth-order valence-electron chi connectivity index (χ4n) is 1.34. The van der Waals surface area contributed by atoms with Crippen molar-refractivity contribution in [2.24, 2.45) is 5.73 Å². The van der Waals surface area contributed by atoms with Crippen LogP contribution in [0.25, 0.3) is 6.08 Å². The molecule has 0 aromatic heterocycles. The molecular weight excluding hydrogens is 184 g/mol. The fraction of sp³-hybridized carbons (Fsp3) is 0.231. The van der Waals surface area contributed by atoms with Gasteiger partial charge in [0.25, 0.3) is 0 Å². The number of hydrogen-bond donors (Lipinski definition) is 2. The summed E-state index contributed by atoms with van der Waals surface area (Å²) in [7, 11) is 0. The highest BCUT2D eigenvalue weighted by molar-refractivity contribution is 5.62. The van der Waals surface area contributed by atoms with E-state index in [1.165, 1.54) is 6.20 Å². The molecule has 0 saturated carbocycles. The molecule has 15 heavy (non-hydrogen) atoms. The van der Waals surface area contributed by atoms with Gasteiger partial charge in [-0.3, -0.25) is 0 Å². The molecule has 1 aromatic carbocycles. The smallest absolute Gasteiger partial charge is 0.0373 e. The SMILES string of the molecule is C.Cc1cc(C=CC=CN)cc(C)c1N. The zero-order valence-electron chi connectivity index (χ0n) is 8.62. The second-order valence-electron chi connectivity index (χ2n) is 3.31. The molecule has 0 bridgehead atoms. The van der Waals surface area contributed by atoms with Crippen molar-refractivity contribution in [3.63, 3.8) is 0 Å². The van der Waals surface area contributed by atoms with Crippen molar-refractivity contribution in [3.05, 3.63) is 47.2 Å². The van der Waals surface area contributed by atoms with Crippen LogP contribution in [-0.4, -0.2) is 0 Å². The van der Waals surface area contributed by atoms with Crippen molar-refractivity contribution in [1.82, 2.24) is 0 Å². The molecule has 0 atom stereocenters. The monoisotopic (exact) mass is 204 g/mol. The Kier molecular flexibility index (Phi) is 5.24. The summed E-state index contributed by atoms with van der Waals surface area (Å²) < 4.78 is 0. The maximum atomic E-state index is 5.85. The average Bonchev–Trinajstić information content (AvgIpc) is 2.14. The molecule has 0 heterocycles. The topological polar surface area (TPSA) is 52.0 Å². The summed E-state index contributed by atoms with van der Waals surface area (Å²) in [4.78, 5) is 0. The lowest BCUT2D eigenvalue weighted by atomic mass is 10.0. The minimum Gasteiger partial charge on any atom is -0.405 e. The molecule has 1 rings (SSSR count). The zero-order chi connectivity index (χ0) is 10.6. The third-order valence-corrected chi connectivity index (χ3v) is 2.13. The molecule has 0 fully saturated rings. The molecule has 0 aliphatic heterocycles. The normalized spacial score (nSPS) is 10.8. The first kappa shape index (κ1) is 13.3. The van der Waals surface area contributed by atoms with Crippen LogP contribution < -0.4 is 11.5 Å². The number of nitrogen functional groups attached to an aromatic ring is 1. The Hall–Kier alpha value is -1.70. The van der Waals surface area contributed by atoms with Crippen molar-refractivity contribution in [3.8, 4) is 0 Å². The highest BCUT2D eigenvalue weighted by Gasteiger charge is 1.98. The molecule has 0 unspecified atom stereocenters. The van der Waals surface area contributed by atoms with Gasteiger partial charge in [0.1, 0.15) is 0 Å². The lowest BCUT2D eigenvalue weighted by molar-refractivity contribution is 1.38. The number of hydrogen-bond acceptors (Lipinski definition) is 2. The van der Waals surface area contributed by atoms with Gasteiger partial charge in [-0.1, -0.05) is 19.6 Å². The predicted molar refractivity (Wildman–Crippen MR) is 69.4 cm³/mol. The number of rotatable bonds is 2. The third-order valence-electron chi connectivity index (χ3n) is 2.13. The Morgan fingerprint density at radius 2 is 1.60 bits per heavy atom. The standard InChI is InChI=1S/C12H16N2.CH4/c1-9-7-11(5-3-4-6-13)8-10(2)12(9)14;/h3-8H,13-14H2,1-2H3;1H4. The van der Waals surface area contributed by atoms with Crippen LogP contribution in [0, 0.1) is 13.8 Å². The highest BCUT2D eigenvalue weighted by atomic mass is 14.6. The van der Waals surface area contributed by atoms with Gasteiger partial charge < -0.3 is 11.5 Å². The molecule has 0 aliphatic carbocycles. The van der Waals surface area contributed by atoms with Gasteiger partial charge in [0, 0.05) is 5.69 Å². The minimum atomic E-state index is 0. The third kappa shape index (κ3) is 3.50. The Balaban J connectivity index is 0.00000196. The first-order valence-electron chi connectivity index (χ1n) is 4.57. The van der Waals surface area contributed by atoms with E-state index >= 15 is 0 Å². The minimum absolute atomic E-state index is 0. The molecule has 82 valence electrons. The molecule has 4 N–H and O–H groups in total. The van der Waals surface area contributed by atoms with Gasteiger partial charge in [0.2, 0.25) is 0 Å². The Bertz CT molecular complexity index is 353. The van der Waals surface area contributed by atoms with Crippen LogP contribution in [-0.2, 0) is 0 Å². The van der Waals surface area contributed by atoms with Crippen molar-refractivity contribution in [2.45, 2.75) is 21.3 Å². The van der Waals surface area contributed by atoms with Crippen molar-refractivity contribution in [1.29, 1.82) is 0 Å². The van der Waals surface area contributed by atoms with Gasteiger partial charge in [-0.2, -0.15) is 0 Å². The summed E-state index contributed by atoms with van der Waals surface area (Å²) in [6.07, 6.45) is 7.21. The Morgan fingerprint density at radius 3 is 2.07 bits per heavy atom. The van der Waals surface area contributed by atoms with E-state index in [0.29, 0.717) is 0 Å². The maximum absolute atomic E-state index is 5.85. The molecule has 1 aromatic rings.